The molecular formula is C20H19Cl2N3OS. The number of hydrogen-bond donors (Lipinski definition) is 1. The Kier molecular flexibility index (Phi) is 5.94. The number of aryl methyl sites for hydroxylation is 1. The molecule has 0 fully saturated rings. The first-order chi connectivity index (χ1) is 12.7. The second-order valence-corrected chi connectivity index (χ2v) is 8.57. The number of carbonyl (C=O) groups excluding carboxylic acids is 1. The maximum absolute atomic E-state index is 12.3. The minimum Gasteiger partial charge on any atom is -0.325 e. The van der Waals surface area contributed by atoms with Crippen LogP contribution in [0.3, 0.4) is 0 Å². The number of nitrogens with one attached hydrogen (secondary N) is 1. The van der Waals surface area contributed by atoms with Crippen LogP contribution in [0.4, 0.5) is 5.69 Å². The molecule has 4 nitrogen and oxygen atoms in total. The summed E-state index contributed by atoms with van der Waals surface area (Å²) in [6, 6.07) is 13.1. The highest BCUT2D eigenvalue weighted by Gasteiger charge is 2.28. The van der Waals surface area contributed by atoms with Crippen LogP contribution >= 0.6 is 35.0 Å². The Bertz CT molecular complexity index is 916. The first kappa shape index (κ1) is 19.9. The molecule has 1 N–H and O–H groups in total. The zero-order valence-electron chi connectivity index (χ0n) is 15.2. The first-order valence-electron chi connectivity index (χ1n) is 8.38. The molecule has 0 saturated heterocycles. The molecular weight excluding hydrogens is 401 g/mol. The van der Waals surface area contributed by atoms with Gasteiger partial charge in [0, 0.05) is 21.3 Å². The van der Waals surface area contributed by atoms with Crippen LogP contribution in [0.1, 0.15) is 25.0 Å². The molecule has 1 aliphatic rings. The molecule has 0 aliphatic carbocycles. The van der Waals surface area contributed by atoms with Gasteiger partial charge < -0.3 is 5.32 Å². The molecule has 1 heterocycles. The van der Waals surface area contributed by atoms with Gasteiger partial charge in [-0.05, 0) is 39.0 Å². The number of hydrogen-bond acceptors (Lipinski definition) is 4. The number of benzene rings is 2. The van der Waals surface area contributed by atoms with Gasteiger partial charge in [-0.25, -0.2) is 4.99 Å². The largest absolute Gasteiger partial charge is 0.325 e. The molecule has 2 aromatic rings. The summed E-state index contributed by atoms with van der Waals surface area (Å²) in [7, 11) is 0. The predicted molar refractivity (Wildman–Crippen MR) is 117 cm³/mol. The van der Waals surface area contributed by atoms with Crippen LogP contribution < -0.4 is 5.32 Å². The molecule has 3 rings (SSSR count). The standard InChI is InChI=1S/C20H19Cl2N3OS/c1-12-4-6-13(7-5-12)18-19(25-20(2,3)24-18)27-11-17(26)23-16-9-14(21)8-15(22)10-16/h4-10H,11H2,1-3H3,(H,23,26). The van der Waals surface area contributed by atoms with Crippen LogP contribution in [-0.2, 0) is 4.79 Å². The van der Waals surface area contributed by atoms with Gasteiger partial charge in [0.25, 0.3) is 0 Å². The summed E-state index contributed by atoms with van der Waals surface area (Å²) in [5, 5.41) is 4.52. The number of aliphatic imine (C=N–C) groups is 2. The van der Waals surface area contributed by atoms with Gasteiger partial charge in [-0.15, -0.1) is 0 Å². The van der Waals surface area contributed by atoms with E-state index in [1.165, 1.54) is 17.3 Å². The second kappa shape index (κ2) is 8.05. The summed E-state index contributed by atoms with van der Waals surface area (Å²) in [5.41, 5.74) is 3.05. The molecule has 0 bridgehead atoms. The Morgan fingerprint density at radius 2 is 1.70 bits per heavy atom. The van der Waals surface area contributed by atoms with Crippen molar-refractivity contribution in [1.82, 2.24) is 0 Å². The van der Waals surface area contributed by atoms with Crippen molar-refractivity contribution < 1.29 is 4.79 Å². The lowest BCUT2D eigenvalue weighted by molar-refractivity contribution is -0.113. The number of halogens is 2. The minimum absolute atomic E-state index is 0.158. The van der Waals surface area contributed by atoms with Crippen LogP contribution in [0.15, 0.2) is 52.4 Å². The van der Waals surface area contributed by atoms with E-state index in [0.29, 0.717) is 15.7 Å². The van der Waals surface area contributed by atoms with Crippen molar-refractivity contribution in [2.45, 2.75) is 26.4 Å². The lowest BCUT2D eigenvalue weighted by atomic mass is 10.1. The molecule has 0 saturated carbocycles. The molecule has 140 valence electrons. The first-order valence-corrected chi connectivity index (χ1v) is 10.1. The van der Waals surface area contributed by atoms with Crippen LogP contribution in [-0.4, -0.2) is 28.1 Å². The van der Waals surface area contributed by atoms with Gasteiger partial charge in [0.1, 0.15) is 10.7 Å². The van der Waals surface area contributed by atoms with Gasteiger partial charge in [0.15, 0.2) is 0 Å². The smallest absolute Gasteiger partial charge is 0.234 e. The lowest BCUT2D eigenvalue weighted by Crippen LogP contribution is -2.17. The summed E-state index contributed by atoms with van der Waals surface area (Å²) in [4.78, 5) is 21.7. The van der Waals surface area contributed by atoms with Crippen LogP contribution in [0.25, 0.3) is 0 Å². The van der Waals surface area contributed by atoms with Crippen molar-refractivity contribution in [1.29, 1.82) is 0 Å². The van der Waals surface area contributed by atoms with Crippen molar-refractivity contribution in [3.05, 3.63) is 63.6 Å². The second-order valence-electron chi connectivity index (χ2n) is 6.73. The van der Waals surface area contributed by atoms with E-state index in [-0.39, 0.29) is 11.7 Å². The quantitative estimate of drug-likeness (QED) is 0.699. The third-order valence-corrected chi connectivity index (χ3v) is 5.18. The highest BCUT2D eigenvalue weighted by atomic mass is 35.5. The molecule has 27 heavy (non-hydrogen) atoms. The Labute approximate surface area is 173 Å². The molecule has 7 heteroatoms. The monoisotopic (exact) mass is 419 g/mol. The minimum atomic E-state index is -0.528. The summed E-state index contributed by atoms with van der Waals surface area (Å²) in [5.74, 6) is 0.0539. The zero-order valence-corrected chi connectivity index (χ0v) is 17.5. The normalized spacial score (nSPS) is 15.3. The Morgan fingerprint density at radius 1 is 1.07 bits per heavy atom. The SMILES string of the molecule is Cc1ccc(C2=NC(C)(C)N=C2SCC(=O)Nc2cc(Cl)cc(Cl)c2)cc1. The molecule has 0 aromatic heterocycles. The predicted octanol–water partition coefficient (Wildman–Crippen LogP) is 5.61. The van der Waals surface area contributed by atoms with Crippen molar-refractivity contribution in [3.8, 4) is 0 Å². The number of anilines is 1. The van der Waals surface area contributed by atoms with E-state index in [1.807, 2.05) is 45.0 Å². The third-order valence-electron chi connectivity index (χ3n) is 3.77. The van der Waals surface area contributed by atoms with Gasteiger partial charge in [-0.3, -0.25) is 9.79 Å². The fourth-order valence-electron chi connectivity index (χ4n) is 2.60. The highest BCUT2D eigenvalue weighted by Crippen LogP contribution is 2.27. The summed E-state index contributed by atoms with van der Waals surface area (Å²) < 4.78 is 0. The van der Waals surface area contributed by atoms with Crippen LogP contribution in [0.5, 0.6) is 0 Å². The van der Waals surface area contributed by atoms with Crippen molar-refractivity contribution in [2.75, 3.05) is 11.1 Å². The lowest BCUT2D eigenvalue weighted by Gasteiger charge is -2.08. The van der Waals surface area contributed by atoms with Gasteiger partial charge in [0.05, 0.1) is 11.5 Å². The Hall–Kier alpha value is -1.82. The average Bonchev–Trinajstić information content (AvgIpc) is 2.87. The van der Waals surface area contributed by atoms with Crippen molar-refractivity contribution in [2.24, 2.45) is 9.98 Å². The van der Waals surface area contributed by atoms with Crippen LogP contribution in [0, 0.1) is 6.92 Å². The number of nitrogens with zero attached hydrogens (tertiary/aromatic N) is 2. The fraction of sp³-hybridized carbons (Fsp3) is 0.250. The number of thioether (sulfide) groups is 1. The maximum Gasteiger partial charge on any atom is 0.234 e. The van der Waals surface area contributed by atoms with E-state index in [2.05, 4.69) is 10.3 Å². The number of carbonyl (C=O) groups is 1. The van der Waals surface area contributed by atoms with E-state index in [0.717, 1.165) is 16.3 Å². The molecule has 0 atom stereocenters. The average molecular weight is 420 g/mol. The van der Waals surface area contributed by atoms with Gasteiger partial charge in [0.2, 0.25) is 5.91 Å². The van der Waals surface area contributed by atoms with E-state index in [4.69, 9.17) is 28.2 Å². The molecule has 1 amide bonds. The van der Waals surface area contributed by atoms with Gasteiger partial charge >= 0.3 is 0 Å². The van der Waals surface area contributed by atoms with Crippen molar-refractivity contribution >= 4 is 57.3 Å². The maximum atomic E-state index is 12.3. The molecule has 1 aliphatic heterocycles. The molecule has 2 aromatic carbocycles. The highest BCUT2D eigenvalue weighted by molar-refractivity contribution is 8.16. The van der Waals surface area contributed by atoms with Gasteiger partial charge in [-0.1, -0.05) is 64.8 Å². The summed E-state index contributed by atoms with van der Waals surface area (Å²) in [6.45, 7) is 5.94. The number of amides is 1. The summed E-state index contributed by atoms with van der Waals surface area (Å²) >= 11 is 13.3. The van der Waals surface area contributed by atoms with E-state index >= 15 is 0 Å². The van der Waals surface area contributed by atoms with E-state index in [1.54, 1.807) is 18.2 Å². The number of rotatable bonds is 4. The third kappa shape index (κ3) is 5.34. The molecule has 0 radical (unpaired) electrons. The molecule has 0 unspecified atom stereocenters. The molecule has 0 spiro atoms. The van der Waals surface area contributed by atoms with E-state index < -0.39 is 5.66 Å². The van der Waals surface area contributed by atoms with Gasteiger partial charge in [-0.2, -0.15) is 0 Å². The van der Waals surface area contributed by atoms with Crippen molar-refractivity contribution in [3.63, 3.8) is 0 Å². The topological polar surface area (TPSA) is 53.8 Å². The Balaban J connectivity index is 1.69. The fourth-order valence-corrected chi connectivity index (χ4v) is 4.06. The Morgan fingerprint density at radius 3 is 2.33 bits per heavy atom. The summed E-state index contributed by atoms with van der Waals surface area (Å²) in [6.07, 6.45) is 0. The zero-order chi connectivity index (χ0) is 19.6. The van der Waals surface area contributed by atoms with E-state index in [9.17, 15) is 4.79 Å². The van der Waals surface area contributed by atoms with Crippen LogP contribution in [0.2, 0.25) is 10.0 Å².